The van der Waals surface area contributed by atoms with Crippen LogP contribution in [-0.4, -0.2) is 30.8 Å². The Morgan fingerprint density at radius 1 is 0.938 bits per heavy atom. The fraction of sp³-hybridized carbons (Fsp3) is 0.231. The van der Waals surface area contributed by atoms with Gasteiger partial charge in [-0.1, -0.05) is 41.6 Å². The summed E-state index contributed by atoms with van der Waals surface area (Å²) in [5, 5.41) is 7.92. The van der Waals surface area contributed by atoms with Crippen LogP contribution in [-0.2, 0) is 6.42 Å². The standard InChI is InChI=1S/C26H26N2O4/c1-3-30-23-13-10-18(16-24(23)31-4-2)14-15-27-26(29)20-11-12-22-21(17-20)25(32-28-22)19-8-6-5-7-9-19/h5-13,16-17H,3-4,14-15H2,1-2H3,(H,27,29). The highest BCUT2D eigenvalue weighted by molar-refractivity contribution is 6.00. The molecule has 0 bridgehead atoms. The third-order valence-electron chi connectivity index (χ3n) is 5.08. The van der Waals surface area contributed by atoms with Gasteiger partial charge in [0.25, 0.3) is 5.91 Å². The number of amides is 1. The van der Waals surface area contributed by atoms with Crippen molar-refractivity contribution in [2.75, 3.05) is 19.8 Å². The molecule has 0 radical (unpaired) electrons. The molecule has 6 heteroatoms. The first-order valence-corrected chi connectivity index (χ1v) is 10.8. The van der Waals surface area contributed by atoms with E-state index in [2.05, 4.69) is 10.5 Å². The zero-order chi connectivity index (χ0) is 22.3. The minimum atomic E-state index is -0.136. The van der Waals surface area contributed by atoms with E-state index in [1.165, 1.54) is 0 Å². The van der Waals surface area contributed by atoms with Gasteiger partial charge in [0.2, 0.25) is 0 Å². The van der Waals surface area contributed by atoms with Gasteiger partial charge in [0.05, 0.1) is 18.6 Å². The number of carbonyl (C=O) groups excluding carboxylic acids is 1. The summed E-state index contributed by atoms with van der Waals surface area (Å²) >= 11 is 0. The first-order valence-electron chi connectivity index (χ1n) is 10.8. The molecule has 1 amide bonds. The van der Waals surface area contributed by atoms with Crippen LogP contribution in [0.5, 0.6) is 11.5 Å². The largest absolute Gasteiger partial charge is 0.490 e. The van der Waals surface area contributed by atoms with Crippen molar-refractivity contribution in [1.29, 1.82) is 0 Å². The highest BCUT2D eigenvalue weighted by atomic mass is 16.5. The van der Waals surface area contributed by atoms with Crippen LogP contribution in [0.3, 0.4) is 0 Å². The molecule has 164 valence electrons. The molecular weight excluding hydrogens is 404 g/mol. The van der Waals surface area contributed by atoms with E-state index in [4.69, 9.17) is 14.0 Å². The number of nitrogens with zero attached hydrogens (tertiary/aromatic N) is 1. The molecule has 6 nitrogen and oxygen atoms in total. The van der Waals surface area contributed by atoms with Crippen molar-refractivity contribution in [2.24, 2.45) is 0 Å². The molecular formula is C26H26N2O4. The van der Waals surface area contributed by atoms with Gasteiger partial charge in [-0.3, -0.25) is 4.79 Å². The SMILES string of the molecule is CCOc1ccc(CCNC(=O)c2ccc3noc(-c4ccccc4)c3c2)cc1OCC. The number of ether oxygens (including phenoxy) is 2. The second-order valence-corrected chi connectivity index (χ2v) is 7.26. The Hall–Kier alpha value is -3.80. The van der Waals surface area contributed by atoms with E-state index in [1.54, 1.807) is 12.1 Å². The lowest BCUT2D eigenvalue weighted by molar-refractivity contribution is 0.0954. The minimum absolute atomic E-state index is 0.136. The van der Waals surface area contributed by atoms with Gasteiger partial charge in [0, 0.05) is 17.7 Å². The number of hydrogen-bond donors (Lipinski definition) is 1. The molecule has 0 aliphatic carbocycles. The summed E-state index contributed by atoms with van der Waals surface area (Å²) < 4.78 is 16.8. The maximum atomic E-state index is 12.8. The molecule has 32 heavy (non-hydrogen) atoms. The summed E-state index contributed by atoms with van der Waals surface area (Å²) in [6.07, 6.45) is 0.684. The van der Waals surface area contributed by atoms with Crippen molar-refractivity contribution in [3.8, 4) is 22.8 Å². The van der Waals surface area contributed by atoms with Crippen molar-refractivity contribution in [3.05, 3.63) is 77.9 Å². The van der Waals surface area contributed by atoms with E-state index in [0.29, 0.717) is 37.5 Å². The van der Waals surface area contributed by atoms with Crippen molar-refractivity contribution in [1.82, 2.24) is 10.5 Å². The average molecular weight is 431 g/mol. The van der Waals surface area contributed by atoms with Crippen LogP contribution in [0.15, 0.2) is 71.3 Å². The number of carbonyl (C=O) groups is 1. The summed E-state index contributed by atoms with van der Waals surface area (Å²) in [6, 6.07) is 21.0. The molecule has 3 aromatic carbocycles. The van der Waals surface area contributed by atoms with Gasteiger partial charge in [-0.2, -0.15) is 0 Å². The Bertz CT molecular complexity index is 1200. The Balaban J connectivity index is 1.44. The fourth-order valence-corrected chi connectivity index (χ4v) is 3.55. The molecule has 0 fully saturated rings. The molecule has 0 aliphatic heterocycles. The van der Waals surface area contributed by atoms with Gasteiger partial charge in [-0.05, 0) is 56.2 Å². The second-order valence-electron chi connectivity index (χ2n) is 7.26. The van der Waals surface area contributed by atoms with E-state index in [1.807, 2.05) is 68.4 Å². The van der Waals surface area contributed by atoms with E-state index >= 15 is 0 Å². The predicted octanol–water partition coefficient (Wildman–Crippen LogP) is 5.26. The summed E-state index contributed by atoms with van der Waals surface area (Å²) in [6.45, 7) is 5.54. The Morgan fingerprint density at radius 3 is 2.50 bits per heavy atom. The summed E-state index contributed by atoms with van der Waals surface area (Å²) in [5.74, 6) is 1.99. The highest BCUT2D eigenvalue weighted by Gasteiger charge is 2.14. The molecule has 0 saturated carbocycles. The van der Waals surface area contributed by atoms with Gasteiger partial charge < -0.3 is 19.3 Å². The van der Waals surface area contributed by atoms with Crippen LogP contribution in [0.4, 0.5) is 0 Å². The van der Waals surface area contributed by atoms with Crippen molar-refractivity contribution < 1.29 is 18.8 Å². The zero-order valence-corrected chi connectivity index (χ0v) is 18.3. The van der Waals surface area contributed by atoms with E-state index < -0.39 is 0 Å². The molecule has 4 aromatic rings. The molecule has 1 heterocycles. The lowest BCUT2D eigenvalue weighted by atomic mass is 10.1. The molecule has 4 rings (SSSR count). The molecule has 0 aliphatic rings. The number of nitrogens with one attached hydrogen (secondary N) is 1. The lowest BCUT2D eigenvalue weighted by Gasteiger charge is -2.12. The van der Waals surface area contributed by atoms with Crippen molar-refractivity contribution in [3.63, 3.8) is 0 Å². The summed E-state index contributed by atoms with van der Waals surface area (Å²) in [4.78, 5) is 12.8. The number of fused-ring (bicyclic) bond motifs is 1. The van der Waals surface area contributed by atoms with Gasteiger partial charge in [-0.25, -0.2) is 0 Å². The Labute approximate surface area is 187 Å². The maximum absolute atomic E-state index is 12.8. The molecule has 0 saturated heterocycles. The van der Waals surface area contributed by atoms with Crippen LogP contribution in [0.2, 0.25) is 0 Å². The van der Waals surface area contributed by atoms with Crippen LogP contribution in [0.25, 0.3) is 22.2 Å². The maximum Gasteiger partial charge on any atom is 0.251 e. The highest BCUT2D eigenvalue weighted by Crippen LogP contribution is 2.30. The number of benzene rings is 3. The van der Waals surface area contributed by atoms with E-state index in [9.17, 15) is 4.79 Å². The third kappa shape index (κ3) is 4.75. The molecule has 0 unspecified atom stereocenters. The smallest absolute Gasteiger partial charge is 0.251 e. The molecule has 0 spiro atoms. The monoisotopic (exact) mass is 430 g/mol. The predicted molar refractivity (Wildman–Crippen MR) is 124 cm³/mol. The third-order valence-corrected chi connectivity index (χ3v) is 5.08. The van der Waals surface area contributed by atoms with Crippen LogP contribution in [0.1, 0.15) is 29.8 Å². The minimum Gasteiger partial charge on any atom is -0.490 e. The first-order chi connectivity index (χ1) is 15.7. The normalized spacial score (nSPS) is 10.8. The Kier molecular flexibility index (Phi) is 6.70. The zero-order valence-electron chi connectivity index (χ0n) is 18.3. The number of hydrogen-bond acceptors (Lipinski definition) is 5. The van der Waals surface area contributed by atoms with Gasteiger partial charge in [0.15, 0.2) is 17.3 Å². The van der Waals surface area contributed by atoms with Gasteiger partial charge in [0.1, 0.15) is 5.52 Å². The Morgan fingerprint density at radius 2 is 1.72 bits per heavy atom. The quantitative estimate of drug-likeness (QED) is 0.392. The van der Waals surface area contributed by atoms with Crippen molar-refractivity contribution in [2.45, 2.75) is 20.3 Å². The van der Waals surface area contributed by atoms with E-state index in [0.717, 1.165) is 33.5 Å². The second kappa shape index (κ2) is 10.0. The molecule has 1 aromatic heterocycles. The lowest BCUT2D eigenvalue weighted by Crippen LogP contribution is -2.25. The van der Waals surface area contributed by atoms with Crippen molar-refractivity contribution >= 4 is 16.8 Å². The van der Waals surface area contributed by atoms with Crippen LogP contribution >= 0.6 is 0 Å². The fourth-order valence-electron chi connectivity index (χ4n) is 3.55. The number of rotatable bonds is 9. The van der Waals surface area contributed by atoms with Gasteiger partial charge in [-0.15, -0.1) is 0 Å². The topological polar surface area (TPSA) is 73.6 Å². The van der Waals surface area contributed by atoms with Gasteiger partial charge >= 0.3 is 0 Å². The summed E-state index contributed by atoms with van der Waals surface area (Å²) in [5.41, 5.74) is 3.28. The number of aromatic nitrogens is 1. The first kappa shape index (κ1) is 21.4. The average Bonchev–Trinajstić information content (AvgIpc) is 3.25. The molecule has 1 N–H and O–H groups in total. The molecule has 0 atom stereocenters. The van der Waals surface area contributed by atoms with Crippen LogP contribution in [0, 0.1) is 0 Å². The van der Waals surface area contributed by atoms with Crippen LogP contribution < -0.4 is 14.8 Å². The summed E-state index contributed by atoms with van der Waals surface area (Å²) in [7, 11) is 0. The van der Waals surface area contributed by atoms with E-state index in [-0.39, 0.29) is 5.91 Å².